The topological polar surface area (TPSA) is 97.2 Å². The van der Waals surface area contributed by atoms with Crippen molar-refractivity contribution < 1.29 is 5.11 Å². The number of benzene rings is 1. The van der Waals surface area contributed by atoms with Gasteiger partial charge in [-0.3, -0.25) is 0 Å². The summed E-state index contributed by atoms with van der Waals surface area (Å²) in [7, 11) is 0. The van der Waals surface area contributed by atoms with Crippen molar-refractivity contribution in [3.05, 3.63) is 40.7 Å². The van der Waals surface area contributed by atoms with E-state index in [0.717, 1.165) is 43.0 Å². The van der Waals surface area contributed by atoms with Gasteiger partial charge in [0, 0.05) is 36.6 Å². The van der Waals surface area contributed by atoms with Crippen LogP contribution < -0.4 is 15.5 Å². The Bertz CT molecular complexity index is 871. The number of β-amino-alcohol motifs (C(OH)–C–C–N with tert-alkyl or cyclic N) is 1. The van der Waals surface area contributed by atoms with E-state index in [1.807, 2.05) is 17.9 Å². The summed E-state index contributed by atoms with van der Waals surface area (Å²) >= 11 is 0. The highest BCUT2D eigenvalue weighted by Gasteiger charge is 2.26. The van der Waals surface area contributed by atoms with Gasteiger partial charge in [0.15, 0.2) is 0 Å². The van der Waals surface area contributed by atoms with E-state index in [-0.39, 0.29) is 6.10 Å². The number of aliphatic hydroxyl groups is 1. The fraction of sp³-hybridized carbons (Fsp3) is 0.476. The van der Waals surface area contributed by atoms with Crippen molar-refractivity contribution in [2.75, 3.05) is 36.4 Å². The molecule has 0 amide bonds. The largest absolute Gasteiger partial charge is 0.389 e. The minimum Gasteiger partial charge on any atom is -0.389 e. The smallest absolute Gasteiger partial charge is 0.136 e. The molecule has 2 fully saturated rings. The van der Waals surface area contributed by atoms with Gasteiger partial charge >= 0.3 is 0 Å². The third-order valence-electron chi connectivity index (χ3n) is 5.65. The van der Waals surface area contributed by atoms with E-state index in [1.165, 1.54) is 17.3 Å². The third-order valence-corrected chi connectivity index (χ3v) is 5.65. The SMILES string of the molecule is Cc1nc(Nc2cc(C3CCNCC3)c(C)cc2C=N)cc(N2CC(O)C2)n1. The van der Waals surface area contributed by atoms with Crippen LogP contribution in [0.2, 0.25) is 0 Å². The van der Waals surface area contributed by atoms with E-state index in [2.05, 4.69) is 39.7 Å². The van der Waals surface area contributed by atoms with Crippen molar-refractivity contribution in [2.45, 2.75) is 38.7 Å². The number of rotatable bonds is 5. The highest BCUT2D eigenvalue weighted by molar-refractivity contribution is 5.88. The van der Waals surface area contributed by atoms with Crippen molar-refractivity contribution in [1.29, 1.82) is 5.41 Å². The first-order valence-corrected chi connectivity index (χ1v) is 9.95. The van der Waals surface area contributed by atoms with Crippen LogP contribution in [0.1, 0.15) is 41.3 Å². The molecule has 0 unspecified atom stereocenters. The Morgan fingerprint density at radius 3 is 2.61 bits per heavy atom. The summed E-state index contributed by atoms with van der Waals surface area (Å²) in [5.74, 6) is 2.77. The van der Waals surface area contributed by atoms with E-state index < -0.39 is 0 Å². The molecule has 0 spiro atoms. The summed E-state index contributed by atoms with van der Waals surface area (Å²) in [4.78, 5) is 11.1. The molecule has 7 nitrogen and oxygen atoms in total. The lowest BCUT2D eigenvalue weighted by atomic mass is 9.86. The monoisotopic (exact) mass is 380 g/mol. The van der Waals surface area contributed by atoms with Crippen LogP contribution in [0.4, 0.5) is 17.3 Å². The molecule has 1 aromatic heterocycles. The maximum absolute atomic E-state index is 9.57. The van der Waals surface area contributed by atoms with Crippen molar-refractivity contribution in [1.82, 2.24) is 15.3 Å². The van der Waals surface area contributed by atoms with Gasteiger partial charge in [-0.05, 0) is 69.0 Å². The zero-order valence-corrected chi connectivity index (χ0v) is 16.5. The number of nitrogens with one attached hydrogen (secondary N) is 3. The van der Waals surface area contributed by atoms with Crippen molar-refractivity contribution in [3.8, 4) is 0 Å². The second-order valence-corrected chi connectivity index (χ2v) is 7.81. The Labute approximate surface area is 165 Å². The van der Waals surface area contributed by atoms with Crippen LogP contribution in [0.15, 0.2) is 18.2 Å². The van der Waals surface area contributed by atoms with E-state index in [1.54, 1.807) is 0 Å². The molecule has 0 saturated carbocycles. The highest BCUT2D eigenvalue weighted by Crippen LogP contribution is 2.33. The summed E-state index contributed by atoms with van der Waals surface area (Å²) in [5, 5.41) is 24.2. The van der Waals surface area contributed by atoms with Crippen molar-refractivity contribution >= 4 is 23.5 Å². The van der Waals surface area contributed by atoms with Gasteiger partial charge in [0.05, 0.1) is 6.10 Å². The standard InChI is InChI=1S/C21H28N6O/c1-13-7-16(10-22)19(8-18(13)15-3-5-23-6-4-15)26-20-9-21(25-14(2)24-20)27-11-17(28)12-27/h7-10,15,17,22-23,28H,3-6,11-12H2,1-2H3,(H,24,25,26). The summed E-state index contributed by atoms with van der Waals surface area (Å²) < 4.78 is 0. The Morgan fingerprint density at radius 1 is 1.18 bits per heavy atom. The van der Waals surface area contributed by atoms with Crippen LogP contribution in [-0.4, -0.2) is 53.6 Å². The van der Waals surface area contributed by atoms with Crippen molar-refractivity contribution in [2.24, 2.45) is 0 Å². The Kier molecular flexibility index (Phi) is 5.28. The minimum absolute atomic E-state index is 0.277. The summed E-state index contributed by atoms with van der Waals surface area (Å²) in [5.41, 5.74) is 4.35. The molecule has 0 radical (unpaired) electrons. The van der Waals surface area contributed by atoms with E-state index in [4.69, 9.17) is 5.41 Å². The highest BCUT2D eigenvalue weighted by atomic mass is 16.3. The average molecular weight is 380 g/mol. The lowest BCUT2D eigenvalue weighted by Crippen LogP contribution is -2.51. The fourth-order valence-electron chi connectivity index (χ4n) is 4.11. The fourth-order valence-corrected chi connectivity index (χ4v) is 4.11. The lowest BCUT2D eigenvalue weighted by molar-refractivity contribution is 0.141. The molecule has 0 bridgehead atoms. The quantitative estimate of drug-likeness (QED) is 0.595. The first kappa shape index (κ1) is 18.8. The summed E-state index contributed by atoms with van der Waals surface area (Å²) in [6.45, 7) is 7.32. The molecule has 2 aromatic rings. The predicted octanol–water partition coefficient (Wildman–Crippen LogP) is 2.48. The maximum atomic E-state index is 9.57. The maximum Gasteiger partial charge on any atom is 0.136 e. The van der Waals surface area contributed by atoms with Gasteiger partial charge in [0.1, 0.15) is 17.5 Å². The zero-order valence-electron chi connectivity index (χ0n) is 16.5. The second kappa shape index (κ2) is 7.85. The second-order valence-electron chi connectivity index (χ2n) is 7.81. The number of aryl methyl sites for hydroxylation is 2. The molecule has 7 heteroatoms. The number of anilines is 3. The van der Waals surface area contributed by atoms with Crippen LogP contribution in [0.5, 0.6) is 0 Å². The summed E-state index contributed by atoms with van der Waals surface area (Å²) in [6.07, 6.45) is 3.39. The molecule has 4 N–H and O–H groups in total. The van der Waals surface area contributed by atoms with Gasteiger partial charge < -0.3 is 26.0 Å². The van der Waals surface area contributed by atoms with Gasteiger partial charge in [-0.15, -0.1) is 0 Å². The van der Waals surface area contributed by atoms with Gasteiger partial charge in [0.25, 0.3) is 0 Å². The van der Waals surface area contributed by atoms with Gasteiger partial charge in [-0.2, -0.15) is 0 Å². The van der Waals surface area contributed by atoms with Gasteiger partial charge in [-0.25, -0.2) is 9.97 Å². The molecule has 0 aliphatic carbocycles. The Hall–Kier alpha value is -2.51. The first-order chi connectivity index (χ1) is 13.5. The number of aliphatic hydroxyl groups excluding tert-OH is 1. The average Bonchev–Trinajstić information content (AvgIpc) is 2.66. The molecule has 2 saturated heterocycles. The molecule has 2 aliphatic heterocycles. The van der Waals surface area contributed by atoms with Crippen LogP contribution >= 0.6 is 0 Å². The number of piperidine rings is 1. The number of aromatic nitrogens is 2. The Morgan fingerprint density at radius 2 is 1.93 bits per heavy atom. The minimum atomic E-state index is -0.277. The third kappa shape index (κ3) is 3.86. The van der Waals surface area contributed by atoms with Crippen LogP contribution in [-0.2, 0) is 0 Å². The molecule has 148 valence electrons. The number of nitrogens with zero attached hydrogens (tertiary/aromatic N) is 3. The molecule has 0 atom stereocenters. The first-order valence-electron chi connectivity index (χ1n) is 9.95. The van der Waals surface area contributed by atoms with Crippen LogP contribution in [0.3, 0.4) is 0 Å². The molecular formula is C21H28N6O. The normalized spacial score (nSPS) is 18.0. The van der Waals surface area contributed by atoms with E-state index in [9.17, 15) is 5.11 Å². The van der Waals surface area contributed by atoms with Gasteiger partial charge in [-0.1, -0.05) is 0 Å². The molecule has 2 aliphatic rings. The van der Waals surface area contributed by atoms with Crippen molar-refractivity contribution in [3.63, 3.8) is 0 Å². The van der Waals surface area contributed by atoms with Crippen LogP contribution in [0.25, 0.3) is 0 Å². The number of hydrogen-bond acceptors (Lipinski definition) is 7. The molecule has 3 heterocycles. The zero-order chi connectivity index (χ0) is 19.7. The molecule has 1 aromatic carbocycles. The van der Waals surface area contributed by atoms with E-state index in [0.29, 0.717) is 30.6 Å². The molecule has 4 rings (SSSR count). The van der Waals surface area contributed by atoms with Gasteiger partial charge in [0.2, 0.25) is 0 Å². The predicted molar refractivity (Wildman–Crippen MR) is 112 cm³/mol. The molecule has 28 heavy (non-hydrogen) atoms. The number of hydrogen-bond donors (Lipinski definition) is 4. The molecular weight excluding hydrogens is 352 g/mol. The summed E-state index contributed by atoms with van der Waals surface area (Å²) in [6, 6.07) is 6.19. The van der Waals surface area contributed by atoms with Crippen LogP contribution in [0, 0.1) is 19.3 Å². The lowest BCUT2D eigenvalue weighted by Gasteiger charge is -2.37. The Balaban J connectivity index is 1.64. The van der Waals surface area contributed by atoms with E-state index >= 15 is 0 Å².